The number of likely N-dealkylation sites (tertiary alicyclic amines) is 1. The van der Waals surface area contributed by atoms with Crippen molar-refractivity contribution in [3.05, 3.63) is 0 Å². The fraction of sp³-hybridized carbons (Fsp3) is 0.900. The van der Waals surface area contributed by atoms with E-state index in [2.05, 4.69) is 0 Å². The number of nitrogens with zero attached hydrogens (tertiary/aromatic N) is 1. The fourth-order valence-corrected chi connectivity index (χ4v) is 2.14. The zero-order chi connectivity index (χ0) is 9.97. The van der Waals surface area contributed by atoms with E-state index in [4.69, 9.17) is 4.74 Å². The van der Waals surface area contributed by atoms with Crippen LogP contribution in [0.15, 0.2) is 0 Å². The van der Waals surface area contributed by atoms with Gasteiger partial charge in [-0.1, -0.05) is 0 Å². The minimum atomic E-state index is -0.316. The second-order valence-corrected chi connectivity index (χ2v) is 4.14. The summed E-state index contributed by atoms with van der Waals surface area (Å²) in [5.41, 5.74) is 0. The molecule has 0 aromatic carbocycles. The standard InChI is InChI=1S/C10H17NO3/c12-9-3-4-11(6-9)10(13)8-2-1-5-14-7-8/h8-9,12H,1-7H2/t8?,9-/m1/s1. The van der Waals surface area contributed by atoms with Crippen LogP contribution in [-0.4, -0.2) is 48.3 Å². The third-order valence-corrected chi connectivity index (χ3v) is 2.98. The maximum Gasteiger partial charge on any atom is 0.228 e. The highest BCUT2D eigenvalue weighted by molar-refractivity contribution is 5.79. The van der Waals surface area contributed by atoms with Crippen LogP contribution in [0.25, 0.3) is 0 Å². The summed E-state index contributed by atoms with van der Waals surface area (Å²) in [6.45, 7) is 2.56. The largest absolute Gasteiger partial charge is 0.391 e. The van der Waals surface area contributed by atoms with E-state index in [-0.39, 0.29) is 17.9 Å². The number of amides is 1. The molecule has 80 valence electrons. The van der Waals surface area contributed by atoms with E-state index in [1.165, 1.54) is 0 Å². The Hall–Kier alpha value is -0.610. The first-order valence-corrected chi connectivity index (χ1v) is 5.32. The van der Waals surface area contributed by atoms with Crippen molar-refractivity contribution < 1.29 is 14.6 Å². The molecule has 0 saturated carbocycles. The third-order valence-electron chi connectivity index (χ3n) is 2.98. The number of hydrogen-bond acceptors (Lipinski definition) is 3. The number of aliphatic hydroxyl groups is 1. The molecular weight excluding hydrogens is 182 g/mol. The number of hydrogen-bond donors (Lipinski definition) is 1. The van der Waals surface area contributed by atoms with Gasteiger partial charge in [0.25, 0.3) is 0 Å². The zero-order valence-electron chi connectivity index (χ0n) is 8.32. The minimum Gasteiger partial charge on any atom is -0.391 e. The molecule has 2 aliphatic heterocycles. The molecule has 2 saturated heterocycles. The van der Waals surface area contributed by atoms with Crippen molar-refractivity contribution in [2.75, 3.05) is 26.3 Å². The molecule has 0 bridgehead atoms. The van der Waals surface area contributed by atoms with Crippen LogP contribution in [0.5, 0.6) is 0 Å². The lowest BCUT2D eigenvalue weighted by Gasteiger charge is -2.26. The molecule has 2 heterocycles. The van der Waals surface area contributed by atoms with Crippen LogP contribution in [-0.2, 0) is 9.53 Å². The molecule has 0 spiro atoms. The number of carbonyl (C=O) groups excluding carboxylic acids is 1. The van der Waals surface area contributed by atoms with E-state index in [0.29, 0.717) is 19.7 Å². The minimum absolute atomic E-state index is 0.0362. The van der Waals surface area contributed by atoms with Crippen LogP contribution in [0.1, 0.15) is 19.3 Å². The molecule has 4 nitrogen and oxygen atoms in total. The van der Waals surface area contributed by atoms with Crippen LogP contribution in [0, 0.1) is 5.92 Å². The molecule has 2 fully saturated rings. The van der Waals surface area contributed by atoms with Gasteiger partial charge in [0.1, 0.15) is 0 Å². The van der Waals surface area contributed by atoms with E-state index < -0.39 is 0 Å². The monoisotopic (exact) mass is 199 g/mol. The van der Waals surface area contributed by atoms with Crippen molar-refractivity contribution in [3.8, 4) is 0 Å². The number of carbonyl (C=O) groups is 1. The van der Waals surface area contributed by atoms with Gasteiger partial charge in [-0.2, -0.15) is 0 Å². The molecule has 1 N–H and O–H groups in total. The number of rotatable bonds is 1. The quantitative estimate of drug-likeness (QED) is 0.647. The van der Waals surface area contributed by atoms with Crippen LogP contribution in [0.3, 0.4) is 0 Å². The SMILES string of the molecule is O=C(C1CCCOC1)N1CC[C@@H](O)C1. The van der Waals surface area contributed by atoms with Crippen molar-refractivity contribution in [3.63, 3.8) is 0 Å². The molecular formula is C10H17NO3. The van der Waals surface area contributed by atoms with Gasteiger partial charge in [-0.15, -0.1) is 0 Å². The Bertz CT molecular complexity index is 207. The lowest BCUT2D eigenvalue weighted by Crippen LogP contribution is -2.38. The highest BCUT2D eigenvalue weighted by Gasteiger charge is 2.30. The fourth-order valence-electron chi connectivity index (χ4n) is 2.14. The zero-order valence-corrected chi connectivity index (χ0v) is 8.32. The van der Waals surface area contributed by atoms with E-state index >= 15 is 0 Å². The van der Waals surface area contributed by atoms with Gasteiger partial charge in [0, 0.05) is 19.7 Å². The highest BCUT2D eigenvalue weighted by Crippen LogP contribution is 2.19. The van der Waals surface area contributed by atoms with Gasteiger partial charge in [-0.05, 0) is 19.3 Å². The van der Waals surface area contributed by atoms with E-state index in [9.17, 15) is 9.90 Å². The molecule has 2 rings (SSSR count). The van der Waals surface area contributed by atoms with E-state index in [0.717, 1.165) is 25.9 Å². The maximum atomic E-state index is 11.9. The van der Waals surface area contributed by atoms with Crippen molar-refractivity contribution >= 4 is 5.91 Å². The first kappa shape index (κ1) is 9.93. The van der Waals surface area contributed by atoms with Gasteiger partial charge in [-0.3, -0.25) is 4.79 Å². The summed E-state index contributed by atoms with van der Waals surface area (Å²) in [4.78, 5) is 13.6. The molecule has 2 atom stereocenters. The van der Waals surface area contributed by atoms with Gasteiger partial charge in [0.05, 0.1) is 18.6 Å². The molecule has 4 heteroatoms. The maximum absolute atomic E-state index is 11.9. The van der Waals surface area contributed by atoms with Gasteiger partial charge in [-0.25, -0.2) is 0 Å². The first-order valence-electron chi connectivity index (χ1n) is 5.32. The molecule has 0 aromatic rings. The van der Waals surface area contributed by atoms with Gasteiger partial charge in [0.2, 0.25) is 5.91 Å². The second-order valence-electron chi connectivity index (χ2n) is 4.14. The first-order chi connectivity index (χ1) is 6.77. The number of ether oxygens (including phenoxy) is 1. The predicted molar refractivity (Wildman–Crippen MR) is 50.7 cm³/mol. The molecule has 1 unspecified atom stereocenters. The highest BCUT2D eigenvalue weighted by atomic mass is 16.5. The second kappa shape index (κ2) is 4.28. The molecule has 2 aliphatic rings. The average Bonchev–Trinajstić information content (AvgIpc) is 2.65. The Balaban J connectivity index is 1.87. The van der Waals surface area contributed by atoms with Crippen LogP contribution < -0.4 is 0 Å². The van der Waals surface area contributed by atoms with Crippen molar-refractivity contribution in [2.24, 2.45) is 5.92 Å². The molecule has 1 amide bonds. The van der Waals surface area contributed by atoms with Gasteiger partial charge in [0.15, 0.2) is 0 Å². The summed E-state index contributed by atoms with van der Waals surface area (Å²) >= 11 is 0. The Morgan fingerprint density at radius 2 is 2.29 bits per heavy atom. The number of β-amino-alcohol motifs (C(OH)–C–C–N with tert-alkyl or cyclic N) is 1. The van der Waals surface area contributed by atoms with Crippen LogP contribution in [0.4, 0.5) is 0 Å². The van der Waals surface area contributed by atoms with Crippen LogP contribution >= 0.6 is 0 Å². The topological polar surface area (TPSA) is 49.8 Å². The Labute approximate surface area is 83.8 Å². The predicted octanol–water partition coefficient (Wildman–Crippen LogP) is 0.00620. The Kier molecular flexibility index (Phi) is 3.03. The lowest BCUT2D eigenvalue weighted by atomic mass is 10.0. The summed E-state index contributed by atoms with van der Waals surface area (Å²) < 4.78 is 5.28. The molecule has 0 aromatic heterocycles. The summed E-state index contributed by atoms with van der Waals surface area (Å²) in [6.07, 6.45) is 2.32. The normalized spacial score (nSPS) is 33.4. The average molecular weight is 199 g/mol. The number of aliphatic hydroxyl groups excluding tert-OH is 1. The van der Waals surface area contributed by atoms with Gasteiger partial charge < -0.3 is 14.7 Å². The summed E-state index contributed by atoms with van der Waals surface area (Å²) in [5, 5.41) is 9.32. The summed E-state index contributed by atoms with van der Waals surface area (Å²) in [7, 11) is 0. The van der Waals surface area contributed by atoms with Crippen molar-refractivity contribution in [2.45, 2.75) is 25.4 Å². The Morgan fingerprint density at radius 1 is 1.43 bits per heavy atom. The van der Waals surface area contributed by atoms with E-state index in [1.54, 1.807) is 4.90 Å². The lowest BCUT2D eigenvalue weighted by molar-refractivity contribution is -0.138. The molecule has 14 heavy (non-hydrogen) atoms. The van der Waals surface area contributed by atoms with Crippen LogP contribution in [0.2, 0.25) is 0 Å². The summed E-state index contributed by atoms with van der Waals surface area (Å²) in [6, 6.07) is 0. The third kappa shape index (κ3) is 2.07. The van der Waals surface area contributed by atoms with Gasteiger partial charge >= 0.3 is 0 Å². The Morgan fingerprint density at radius 3 is 2.86 bits per heavy atom. The molecule has 0 aliphatic carbocycles. The van der Waals surface area contributed by atoms with E-state index in [1.807, 2.05) is 0 Å². The van der Waals surface area contributed by atoms with Crippen molar-refractivity contribution in [1.29, 1.82) is 0 Å². The van der Waals surface area contributed by atoms with Crippen molar-refractivity contribution in [1.82, 2.24) is 4.90 Å². The summed E-state index contributed by atoms with van der Waals surface area (Å²) in [5.74, 6) is 0.204. The smallest absolute Gasteiger partial charge is 0.228 e. The molecule has 0 radical (unpaired) electrons.